The van der Waals surface area contributed by atoms with E-state index >= 15 is 0 Å². The van der Waals surface area contributed by atoms with Gasteiger partial charge in [0.2, 0.25) is 0 Å². The molecule has 5 heteroatoms. The van der Waals surface area contributed by atoms with Crippen LogP contribution in [-0.2, 0) is 14.3 Å². The zero-order valence-electron chi connectivity index (χ0n) is 9.71. The van der Waals surface area contributed by atoms with Gasteiger partial charge >= 0.3 is 12.1 Å². The lowest BCUT2D eigenvalue weighted by atomic mass is 10.2. The van der Waals surface area contributed by atoms with Crippen LogP contribution >= 0.6 is 0 Å². The highest BCUT2D eigenvalue weighted by Gasteiger charge is 2.15. The monoisotopic (exact) mass is 215 g/mol. The fourth-order valence-corrected chi connectivity index (χ4v) is 0.695. The smallest absolute Gasteiger partial charge is 0.411 e. The minimum atomic E-state index is -0.606. The van der Waals surface area contributed by atoms with Crippen molar-refractivity contribution in [1.82, 2.24) is 5.32 Å². The molecule has 0 fully saturated rings. The van der Waals surface area contributed by atoms with Crippen LogP contribution in [0.1, 0.15) is 27.7 Å². The van der Waals surface area contributed by atoms with Crippen molar-refractivity contribution in [3.8, 4) is 0 Å². The van der Waals surface area contributed by atoms with Crippen molar-refractivity contribution in [1.29, 1.82) is 0 Å². The van der Waals surface area contributed by atoms with Gasteiger partial charge in [0.25, 0.3) is 0 Å². The minimum absolute atomic E-state index is 0.295. The Kier molecular flexibility index (Phi) is 4.84. The van der Waals surface area contributed by atoms with Gasteiger partial charge in [0.1, 0.15) is 5.60 Å². The van der Waals surface area contributed by atoms with Crippen molar-refractivity contribution < 1.29 is 19.1 Å². The molecule has 0 unspecified atom stereocenters. The molecule has 15 heavy (non-hydrogen) atoms. The van der Waals surface area contributed by atoms with Gasteiger partial charge in [-0.25, -0.2) is 9.59 Å². The maximum Gasteiger partial charge on any atom is 0.411 e. The van der Waals surface area contributed by atoms with Crippen molar-refractivity contribution >= 4 is 12.1 Å². The number of ether oxygens (including phenoxy) is 2. The molecule has 0 radical (unpaired) electrons. The van der Waals surface area contributed by atoms with Crippen molar-refractivity contribution in [3.05, 3.63) is 11.8 Å². The number of methoxy groups -OCH3 is 1. The molecule has 0 atom stereocenters. The van der Waals surface area contributed by atoms with Crippen LogP contribution in [0.15, 0.2) is 11.8 Å². The summed E-state index contributed by atoms with van der Waals surface area (Å²) in [5.74, 6) is -0.494. The molecule has 0 aromatic heterocycles. The second-order valence-corrected chi connectivity index (χ2v) is 3.97. The normalized spacial score (nSPS) is 11.9. The second kappa shape index (κ2) is 5.38. The minimum Gasteiger partial charge on any atom is -0.466 e. The molecule has 0 rings (SSSR count). The third-order valence-electron chi connectivity index (χ3n) is 1.31. The van der Waals surface area contributed by atoms with E-state index in [1.54, 1.807) is 20.8 Å². The fraction of sp³-hybridized carbons (Fsp3) is 0.600. The van der Waals surface area contributed by atoms with Crippen LogP contribution in [0.25, 0.3) is 0 Å². The third-order valence-corrected chi connectivity index (χ3v) is 1.31. The van der Waals surface area contributed by atoms with Gasteiger partial charge < -0.3 is 9.47 Å². The first-order valence-electron chi connectivity index (χ1n) is 4.51. The van der Waals surface area contributed by atoms with E-state index in [0.717, 1.165) is 0 Å². The topological polar surface area (TPSA) is 64.6 Å². The largest absolute Gasteiger partial charge is 0.466 e. The summed E-state index contributed by atoms with van der Waals surface area (Å²) in [7, 11) is 1.27. The predicted molar refractivity (Wildman–Crippen MR) is 55.1 cm³/mol. The highest BCUT2D eigenvalue weighted by molar-refractivity contribution is 5.88. The molecule has 5 nitrogen and oxygen atoms in total. The summed E-state index contributed by atoms with van der Waals surface area (Å²) >= 11 is 0. The summed E-state index contributed by atoms with van der Waals surface area (Å²) in [5.41, 5.74) is -0.264. The van der Waals surface area contributed by atoms with E-state index in [-0.39, 0.29) is 0 Å². The van der Waals surface area contributed by atoms with E-state index in [4.69, 9.17) is 4.74 Å². The van der Waals surface area contributed by atoms with E-state index in [0.29, 0.717) is 5.57 Å². The van der Waals surface area contributed by atoms with Crippen LogP contribution < -0.4 is 5.32 Å². The Morgan fingerprint density at radius 2 is 1.80 bits per heavy atom. The van der Waals surface area contributed by atoms with Crippen LogP contribution in [-0.4, -0.2) is 24.8 Å². The van der Waals surface area contributed by atoms with Crippen LogP contribution in [0.2, 0.25) is 0 Å². The number of carbonyl (C=O) groups is 2. The number of rotatable bonds is 2. The SMILES string of the molecule is COC(=O)/C(C)=C\NC(=O)OC(C)(C)C. The van der Waals surface area contributed by atoms with Crippen molar-refractivity contribution in [2.75, 3.05) is 7.11 Å². The highest BCUT2D eigenvalue weighted by Crippen LogP contribution is 2.06. The highest BCUT2D eigenvalue weighted by atomic mass is 16.6. The number of carbonyl (C=O) groups excluding carboxylic acids is 2. The molecule has 0 bridgehead atoms. The number of amides is 1. The lowest BCUT2D eigenvalue weighted by molar-refractivity contribution is -0.136. The molecule has 1 N–H and O–H groups in total. The summed E-state index contributed by atoms with van der Waals surface area (Å²) in [5, 5.41) is 2.33. The van der Waals surface area contributed by atoms with Gasteiger partial charge in [0.05, 0.1) is 12.7 Å². The summed E-state index contributed by atoms with van der Waals surface area (Å²) in [6, 6.07) is 0. The Labute approximate surface area is 89.4 Å². The number of nitrogens with one attached hydrogen (secondary N) is 1. The Morgan fingerprint density at radius 1 is 1.27 bits per heavy atom. The Hall–Kier alpha value is -1.52. The van der Waals surface area contributed by atoms with Gasteiger partial charge in [-0.15, -0.1) is 0 Å². The Bertz CT molecular complexity index is 276. The van der Waals surface area contributed by atoms with Crippen LogP contribution in [0.4, 0.5) is 4.79 Å². The molecule has 1 amide bonds. The van der Waals surface area contributed by atoms with E-state index in [2.05, 4.69) is 10.1 Å². The van der Waals surface area contributed by atoms with Gasteiger partial charge in [0, 0.05) is 6.20 Å². The third kappa shape index (κ3) is 6.54. The molecule has 0 saturated carbocycles. The molecule has 0 aliphatic heterocycles. The first-order valence-corrected chi connectivity index (χ1v) is 4.51. The number of alkyl carbamates (subject to hydrolysis) is 1. The fourth-order valence-electron chi connectivity index (χ4n) is 0.695. The second-order valence-electron chi connectivity index (χ2n) is 3.97. The van der Waals surface area contributed by atoms with Crippen LogP contribution in [0.3, 0.4) is 0 Å². The summed E-state index contributed by atoms with van der Waals surface area (Å²) in [6.07, 6.45) is 0.644. The zero-order chi connectivity index (χ0) is 12.1. The predicted octanol–water partition coefficient (Wildman–Crippen LogP) is 1.59. The molecular weight excluding hydrogens is 198 g/mol. The lowest BCUT2D eigenvalue weighted by Gasteiger charge is -2.18. The van der Waals surface area contributed by atoms with Crippen LogP contribution in [0, 0.1) is 0 Å². The Balaban J connectivity index is 4.16. The van der Waals surface area contributed by atoms with E-state index in [1.807, 2.05) is 0 Å². The quantitative estimate of drug-likeness (QED) is 0.561. The lowest BCUT2D eigenvalue weighted by Crippen LogP contribution is -2.30. The van der Waals surface area contributed by atoms with E-state index < -0.39 is 17.7 Å². The molecular formula is C10H17NO4. The molecule has 0 aromatic carbocycles. The molecule has 0 aliphatic rings. The van der Waals surface area contributed by atoms with Gasteiger partial charge in [0.15, 0.2) is 0 Å². The Morgan fingerprint density at radius 3 is 2.20 bits per heavy atom. The van der Waals surface area contributed by atoms with Gasteiger partial charge in [-0.1, -0.05) is 0 Å². The molecule has 0 heterocycles. The maximum absolute atomic E-state index is 11.1. The number of hydrogen-bond acceptors (Lipinski definition) is 4. The van der Waals surface area contributed by atoms with Gasteiger partial charge in [-0.05, 0) is 27.7 Å². The van der Waals surface area contributed by atoms with Crippen molar-refractivity contribution in [2.45, 2.75) is 33.3 Å². The van der Waals surface area contributed by atoms with Crippen LogP contribution in [0.5, 0.6) is 0 Å². The summed E-state index contributed by atoms with van der Waals surface area (Å²) in [6.45, 7) is 6.79. The summed E-state index contributed by atoms with van der Waals surface area (Å²) < 4.78 is 9.40. The number of esters is 1. The number of hydrogen-bond donors (Lipinski definition) is 1. The van der Waals surface area contributed by atoms with Gasteiger partial charge in [-0.2, -0.15) is 0 Å². The molecule has 0 saturated heterocycles. The molecule has 86 valence electrons. The first kappa shape index (κ1) is 13.5. The molecule has 0 aliphatic carbocycles. The zero-order valence-corrected chi connectivity index (χ0v) is 9.71. The van der Waals surface area contributed by atoms with Crippen molar-refractivity contribution in [2.24, 2.45) is 0 Å². The standard InChI is InChI=1S/C10H17NO4/c1-7(8(12)14-5)6-11-9(13)15-10(2,3)4/h6H,1-5H3,(H,11,13)/b7-6-. The summed E-state index contributed by atoms with van der Waals surface area (Å²) in [4.78, 5) is 22.1. The molecule has 0 spiro atoms. The molecule has 0 aromatic rings. The van der Waals surface area contributed by atoms with Gasteiger partial charge in [-0.3, -0.25) is 5.32 Å². The van der Waals surface area contributed by atoms with Crippen molar-refractivity contribution in [3.63, 3.8) is 0 Å². The first-order chi connectivity index (χ1) is 6.76. The van der Waals surface area contributed by atoms with E-state index in [1.165, 1.54) is 20.2 Å². The average Bonchev–Trinajstić information content (AvgIpc) is 2.10. The average molecular weight is 215 g/mol. The van der Waals surface area contributed by atoms with E-state index in [9.17, 15) is 9.59 Å². The maximum atomic E-state index is 11.1.